The van der Waals surface area contributed by atoms with Gasteiger partial charge in [-0.05, 0) is 18.4 Å². The summed E-state index contributed by atoms with van der Waals surface area (Å²) in [5.41, 5.74) is 2.32. The third kappa shape index (κ3) is 3.81. The second-order valence-corrected chi connectivity index (χ2v) is 8.35. The van der Waals surface area contributed by atoms with Crippen LogP contribution in [0.5, 0.6) is 0 Å². The fourth-order valence-electron chi connectivity index (χ4n) is 4.37. The fraction of sp³-hybridized carbons (Fsp3) is 0.500. The van der Waals surface area contributed by atoms with Gasteiger partial charge in [0, 0.05) is 18.4 Å². The zero-order valence-electron chi connectivity index (χ0n) is 16.4. The van der Waals surface area contributed by atoms with Crippen LogP contribution in [0.2, 0.25) is 0 Å². The Morgan fingerprint density at radius 1 is 1.18 bits per heavy atom. The Bertz CT molecular complexity index is 853. The zero-order valence-corrected chi connectivity index (χ0v) is 16.4. The molecule has 1 fully saturated rings. The molecular weight excluding hydrogens is 352 g/mol. The molecule has 0 spiro atoms. The number of benzene rings is 1. The lowest BCUT2D eigenvalue weighted by Crippen LogP contribution is -2.45. The van der Waals surface area contributed by atoms with Crippen molar-refractivity contribution in [1.82, 2.24) is 20.4 Å². The predicted octanol–water partition coefficient (Wildman–Crippen LogP) is 2.82. The monoisotopic (exact) mass is 380 g/mol. The maximum Gasteiger partial charge on any atom is 0.255 e. The van der Waals surface area contributed by atoms with Gasteiger partial charge in [0.25, 0.3) is 5.91 Å². The molecular formula is C22H28N4O2. The number of carbonyl (C=O) groups excluding carboxylic acids is 2. The topological polar surface area (TPSA) is 76.0 Å². The molecule has 0 saturated heterocycles. The van der Waals surface area contributed by atoms with Gasteiger partial charge in [-0.2, -0.15) is 5.10 Å². The van der Waals surface area contributed by atoms with Crippen LogP contribution in [0.1, 0.15) is 60.6 Å². The summed E-state index contributed by atoms with van der Waals surface area (Å²) in [6.45, 7) is 3.20. The summed E-state index contributed by atoms with van der Waals surface area (Å²) in [6.07, 6.45) is 7.69. The average Bonchev–Trinajstić information content (AvgIpc) is 3.27. The largest absolute Gasteiger partial charge is 0.351 e. The SMILES string of the molecule is CC1(C(=O)NC2Cc3c(C(=O)NCc4ccccc4)cnn3C2)CCCCC1. The number of fused-ring (bicyclic) bond motifs is 1. The molecule has 2 amide bonds. The van der Waals surface area contributed by atoms with E-state index in [-0.39, 0.29) is 23.3 Å². The number of aromatic nitrogens is 2. The Labute approximate surface area is 165 Å². The minimum absolute atomic E-state index is 0.00984. The van der Waals surface area contributed by atoms with Gasteiger partial charge in [0.1, 0.15) is 0 Å². The van der Waals surface area contributed by atoms with Crippen molar-refractivity contribution in [3.63, 3.8) is 0 Å². The lowest BCUT2D eigenvalue weighted by molar-refractivity contribution is -0.132. The average molecular weight is 380 g/mol. The molecule has 1 aromatic carbocycles. The number of nitrogens with one attached hydrogen (secondary N) is 2. The van der Waals surface area contributed by atoms with Crippen LogP contribution in [0.3, 0.4) is 0 Å². The summed E-state index contributed by atoms with van der Waals surface area (Å²) in [6, 6.07) is 9.85. The third-order valence-corrected chi connectivity index (χ3v) is 6.16. The zero-order chi connectivity index (χ0) is 19.6. The highest BCUT2D eigenvalue weighted by atomic mass is 16.2. The molecule has 1 unspecified atom stereocenters. The van der Waals surface area contributed by atoms with E-state index in [1.165, 1.54) is 6.42 Å². The van der Waals surface area contributed by atoms with Crippen LogP contribution in [-0.2, 0) is 24.3 Å². The van der Waals surface area contributed by atoms with Gasteiger partial charge >= 0.3 is 0 Å². The summed E-state index contributed by atoms with van der Waals surface area (Å²) in [5, 5.41) is 10.5. The van der Waals surface area contributed by atoms with Crippen LogP contribution >= 0.6 is 0 Å². The first-order valence-corrected chi connectivity index (χ1v) is 10.2. The standard InChI is InChI=1S/C22H28N4O2/c1-22(10-6-3-7-11-22)21(28)25-17-12-19-18(14-24-26(19)15-17)20(27)23-13-16-8-4-2-5-9-16/h2,4-5,8-9,14,17H,3,6-7,10-13,15H2,1H3,(H,23,27)(H,25,28). The van der Waals surface area contributed by atoms with Crippen molar-refractivity contribution in [3.8, 4) is 0 Å². The molecule has 148 valence electrons. The van der Waals surface area contributed by atoms with E-state index in [4.69, 9.17) is 0 Å². The van der Waals surface area contributed by atoms with E-state index in [0.717, 1.165) is 36.9 Å². The molecule has 1 aliphatic carbocycles. The van der Waals surface area contributed by atoms with Gasteiger partial charge in [-0.15, -0.1) is 0 Å². The first-order chi connectivity index (χ1) is 13.5. The van der Waals surface area contributed by atoms with E-state index < -0.39 is 0 Å². The minimum atomic E-state index is -0.251. The summed E-state index contributed by atoms with van der Waals surface area (Å²) < 4.78 is 1.85. The van der Waals surface area contributed by atoms with Crippen LogP contribution in [0.25, 0.3) is 0 Å². The van der Waals surface area contributed by atoms with Crippen molar-refractivity contribution in [3.05, 3.63) is 53.3 Å². The van der Waals surface area contributed by atoms with Gasteiger partial charge in [0.2, 0.25) is 5.91 Å². The first kappa shape index (κ1) is 18.7. The maximum absolute atomic E-state index is 12.8. The number of rotatable bonds is 5. The Hall–Kier alpha value is -2.63. The number of nitrogens with zero attached hydrogens (tertiary/aromatic N) is 2. The lowest BCUT2D eigenvalue weighted by atomic mass is 9.75. The van der Waals surface area contributed by atoms with E-state index in [0.29, 0.717) is 25.1 Å². The van der Waals surface area contributed by atoms with Crippen LogP contribution in [0.4, 0.5) is 0 Å². The lowest BCUT2D eigenvalue weighted by Gasteiger charge is -2.33. The molecule has 2 aromatic rings. The van der Waals surface area contributed by atoms with Crippen LogP contribution in [0, 0.1) is 5.41 Å². The second kappa shape index (κ2) is 7.78. The summed E-state index contributed by atoms with van der Waals surface area (Å²) in [7, 11) is 0. The molecule has 2 heterocycles. The molecule has 0 radical (unpaired) electrons. The van der Waals surface area contributed by atoms with Crippen molar-refractivity contribution in [2.24, 2.45) is 5.41 Å². The van der Waals surface area contributed by atoms with E-state index >= 15 is 0 Å². The highest BCUT2D eigenvalue weighted by Gasteiger charge is 2.37. The summed E-state index contributed by atoms with van der Waals surface area (Å²) >= 11 is 0. The highest BCUT2D eigenvalue weighted by Crippen LogP contribution is 2.36. The van der Waals surface area contributed by atoms with Gasteiger partial charge in [-0.25, -0.2) is 0 Å². The smallest absolute Gasteiger partial charge is 0.255 e. The van der Waals surface area contributed by atoms with Crippen molar-refractivity contribution in [1.29, 1.82) is 0 Å². The minimum Gasteiger partial charge on any atom is -0.351 e. The van der Waals surface area contributed by atoms with Gasteiger partial charge in [0.05, 0.1) is 30.0 Å². The number of hydrogen-bond acceptors (Lipinski definition) is 3. The predicted molar refractivity (Wildman–Crippen MR) is 107 cm³/mol. The third-order valence-electron chi connectivity index (χ3n) is 6.16. The van der Waals surface area contributed by atoms with Gasteiger partial charge in [-0.3, -0.25) is 14.3 Å². The Kier molecular flexibility index (Phi) is 5.20. The maximum atomic E-state index is 12.8. The van der Waals surface area contributed by atoms with Crippen molar-refractivity contribution >= 4 is 11.8 Å². The number of carbonyl (C=O) groups is 2. The van der Waals surface area contributed by atoms with Crippen LogP contribution in [-0.4, -0.2) is 27.6 Å². The van der Waals surface area contributed by atoms with Crippen molar-refractivity contribution in [2.75, 3.05) is 0 Å². The Balaban J connectivity index is 1.36. The molecule has 1 atom stereocenters. The Morgan fingerprint density at radius 3 is 2.68 bits per heavy atom. The Morgan fingerprint density at radius 2 is 1.93 bits per heavy atom. The van der Waals surface area contributed by atoms with Gasteiger partial charge in [-0.1, -0.05) is 56.5 Å². The van der Waals surface area contributed by atoms with E-state index in [1.807, 2.05) is 35.0 Å². The van der Waals surface area contributed by atoms with E-state index in [2.05, 4.69) is 22.7 Å². The summed E-state index contributed by atoms with van der Waals surface area (Å²) in [4.78, 5) is 25.4. The highest BCUT2D eigenvalue weighted by molar-refractivity contribution is 5.95. The first-order valence-electron chi connectivity index (χ1n) is 10.2. The van der Waals surface area contributed by atoms with Gasteiger partial charge < -0.3 is 10.6 Å². The normalized spacial score (nSPS) is 20.4. The van der Waals surface area contributed by atoms with E-state index in [1.54, 1.807) is 6.20 Å². The fourth-order valence-corrected chi connectivity index (χ4v) is 4.37. The van der Waals surface area contributed by atoms with Crippen LogP contribution in [0.15, 0.2) is 36.5 Å². The quantitative estimate of drug-likeness (QED) is 0.837. The van der Waals surface area contributed by atoms with Crippen LogP contribution < -0.4 is 10.6 Å². The molecule has 6 nitrogen and oxygen atoms in total. The van der Waals surface area contributed by atoms with Crippen molar-refractivity contribution < 1.29 is 9.59 Å². The molecule has 1 aliphatic heterocycles. The molecule has 4 rings (SSSR count). The molecule has 28 heavy (non-hydrogen) atoms. The molecule has 6 heteroatoms. The summed E-state index contributed by atoms with van der Waals surface area (Å²) in [5.74, 6) is 0.0364. The number of hydrogen-bond donors (Lipinski definition) is 2. The number of amides is 2. The molecule has 0 bridgehead atoms. The second-order valence-electron chi connectivity index (χ2n) is 8.35. The van der Waals surface area contributed by atoms with Crippen molar-refractivity contribution in [2.45, 2.75) is 64.6 Å². The molecule has 1 aromatic heterocycles. The van der Waals surface area contributed by atoms with Gasteiger partial charge in [0.15, 0.2) is 0 Å². The molecule has 1 saturated carbocycles. The van der Waals surface area contributed by atoms with E-state index in [9.17, 15) is 9.59 Å². The molecule has 2 N–H and O–H groups in total. The molecule has 2 aliphatic rings.